The predicted molar refractivity (Wildman–Crippen MR) is 120 cm³/mol. The van der Waals surface area contributed by atoms with Crippen molar-refractivity contribution in [2.45, 2.75) is 24.7 Å². The molecule has 1 amide bonds. The van der Waals surface area contributed by atoms with Crippen LogP contribution in [-0.2, 0) is 14.8 Å². The number of aryl methyl sites for hydroxylation is 1. The van der Waals surface area contributed by atoms with E-state index in [4.69, 9.17) is 9.47 Å². The average molecular weight is 440 g/mol. The molecule has 0 bridgehead atoms. The molecule has 3 rings (SSSR count). The van der Waals surface area contributed by atoms with Gasteiger partial charge in [0, 0.05) is 6.42 Å². The number of hydrogen-bond acceptors (Lipinski definition) is 5. The molecule has 3 aromatic rings. The minimum Gasteiger partial charge on any atom is -0.497 e. The molecular formula is C24H25NO5S. The van der Waals surface area contributed by atoms with Crippen molar-refractivity contribution in [2.24, 2.45) is 0 Å². The van der Waals surface area contributed by atoms with Crippen molar-refractivity contribution in [1.82, 2.24) is 0 Å². The lowest BCUT2D eigenvalue weighted by atomic mass is 10.2. The maximum atomic E-state index is 13.3. The summed E-state index contributed by atoms with van der Waals surface area (Å²) in [6.07, 6.45) is 0.397. The minimum atomic E-state index is -4.04. The summed E-state index contributed by atoms with van der Waals surface area (Å²) in [5.74, 6) is 0.868. The Morgan fingerprint density at radius 1 is 0.871 bits per heavy atom. The van der Waals surface area contributed by atoms with Gasteiger partial charge in [-0.2, -0.15) is 0 Å². The molecule has 0 aliphatic rings. The van der Waals surface area contributed by atoms with Crippen LogP contribution < -0.4 is 13.8 Å². The largest absolute Gasteiger partial charge is 0.497 e. The number of para-hydroxylation sites is 1. The first-order valence-electron chi connectivity index (χ1n) is 9.88. The number of carbonyl (C=O) groups excluding carboxylic acids is 1. The predicted octanol–water partition coefficient (Wildman–Crippen LogP) is 4.58. The molecule has 0 unspecified atom stereocenters. The lowest BCUT2D eigenvalue weighted by molar-refractivity contribution is -0.117. The van der Waals surface area contributed by atoms with Gasteiger partial charge in [-0.25, -0.2) is 12.7 Å². The van der Waals surface area contributed by atoms with Gasteiger partial charge in [0.25, 0.3) is 10.0 Å². The van der Waals surface area contributed by atoms with Crippen molar-refractivity contribution in [2.75, 3.05) is 18.0 Å². The van der Waals surface area contributed by atoms with Crippen LogP contribution in [0.1, 0.15) is 18.4 Å². The average Bonchev–Trinajstić information content (AvgIpc) is 2.78. The molecule has 0 spiro atoms. The van der Waals surface area contributed by atoms with Gasteiger partial charge in [0.2, 0.25) is 5.91 Å². The fraction of sp³-hybridized carbons (Fsp3) is 0.208. The Bertz CT molecular complexity index is 1090. The van der Waals surface area contributed by atoms with Crippen molar-refractivity contribution in [3.8, 4) is 11.5 Å². The Labute approximate surface area is 183 Å². The highest BCUT2D eigenvalue weighted by Crippen LogP contribution is 2.25. The second-order valence-corrected chi connectivity index (χ2v) is 8.73. The summed E-state index contributed by atoms with van der Waals surface area (Å²) < 4.78 is 38.2. The summed E-state index contributed by atoms with van der Waals surface area (Å²) in [4.78, 5) is 13.1. The summed E-state index contributed by atoms with van der Waals surface area (Å²) in [6.45, 7) is 2.16. The van der Waals surface area contributed by atoms with Crippen LogP contribution in [0.2, 0.25) is 0 Å². The van der Waals surface area contributed by atoms with Crippen LogP contribution >= 0.6 is 0 Å². The molecule has 6 nitrogen and oxygen atoms in total. The highest BCUT2D eigenvalue weighted by atomic mass is 32.2. The number of methoxy groups -OCH3 is 1. The van der Waals surface area contributed by atoms with Crippen molar-refractivity contribution < 1.29 is 22.7 Å². The molecule has 3 aromatic carbocycles. The number of amides is 1. The molecule has 0 radical (unpaired) electrons. The molecule has 0 saturated carbocycles. The number of carbonyl (C=O) groups is 1. The molecule has 0 saturated heterocycles. The maximum absolute atomic E-state index is 13.3. The smallest absolute Gasteiger partial charge is 0.270 e. The molecule has 0 N–H and O–H groups in total. The zero-order valence-electron chi connectivity index (χ0n) is 17.5. The van der Waals surface area contributed by atoms with Gasteiger partial charge in [0.1, 0.15) is 11.5 Å². The number of sulfonamides is 1. The third-order valence-electron chi connectivity index (χ3n) is 4.64. The van der Waals surface area contributed by atoms with E-state index in [0.29, 0.717) is 17.9 Å². The van der Waals surface area contributed by atoms with Crippen molar-refractivity contribution in [3.63, 3.8) is 0 Å². The summed E-state index contributed by atoms with van der Waals surface area (Å²) >= 11 is 0. The highest BCUT2D eigenvalue weighted by Gasteiger charge is 2.30. The molecule has 7 heteroatoms. The molecular weight excluding hydrogens is 414 g/mol. The van der Waals surface area contributed by atoms with Gasteiger partial charge < -0.3 is 9.47 Å². The molecule has 0 aromatic heterocycles. The molecule has 0 aliphatic heterocycles. The van der Waals surface area contributed by atoms with E-state index in [1.807, 2.05) is 6.92 Å². The standard InChI is InChI=1S/C24H25NO5S/c1-19-10-16-23(17-11-19)31(27,28)25(20-7-4-3-5-8-20)24(26)9-6-18-30-22-14-12-21(29-2)13-15-22/h3-5,7-8,10-17H,6,9,18H2,1-2H3. The van der Waals surface area contributed by atoms with Gasteiger partial charge >= 0.3 is 0 Å². The fourth-order valence-electron chi connectivity index (χ4n) is 2.98. The summed E-state index contributed by atoms with van der Waals surface area (Å²) in [5, 5.41) is 0. The number of benzene rings is 3. The lowest BCUT2D eigenvalue weighted by Crippen LogP contribution is -2.37. The fourth-order valence-corrected chi connectivity index (χ4v) is 4.43. The first kappa shape index (κ1) is 22.4. The SMILES string of the molecule is COc1ccc(OCCCC(=O)N(c2ccccc2)S(=O)(=O)c2ccc(C)cc2)cc1. The number of nitrogens with zero attached hydrogens (tertiary/aromatic N) is 1. The van der Waals surface area contributed by atoms with E-state index < -0.39 is 15.9 Å². The van der Waals surface area contributed by atoms with Gasteiger partial charge in [-0.15, -0.1) is 0 Å². The Kier molecular flexibility index (Phi) is 7.31. The normalized spacial score (nSPS) is 11.0. The van der Waals surface area contributed by atoms with Gasteiger partial charge in [-0.05, 0) is 61.9 Å². The third-order valence-corrected chi connectivity index (χ3v) is 6.40. The Morgan fingerprint density at radius 3 is 2.10 bits per heavy atom. The van der Waals surface area contributed by atoms with E-state index in [9.17, 15) is 13.2 Å². The number of ether oxygens (including phenoxy) is 2. The summed E-state index contributed by atoms with van der Waals surface area (Å²) in [7, 11) is -2.45. The minimum absolute atomic E-state index is 0.0239. The Balaban J connectivity index is 1.72. The quantitative estimate of drug-likeness (QED) is 0.456. The van der Waals surface area contributed by atoms with Crippen LogP contribution in [0.3, 0.4) is 0 Å². The number of rotatable bonds is 9. The van der Waals surface area contributed by atoms with Gasteiger partial charge in [-0.3, -0.25) is 4.79 Å². The monoisotopic (exact) mass is 439 g/mol. The lowest BCUT2D eigenvalue weighted by Gasteiger charge is -2.23. The molecule has 0 heterocycles. The van der Waals surface area contributed by atoms with Crippen LogP contribution in [0.25, 0.3) is 0 Å². The highest BCUT2D eigenvalue weighted by molar-refractivity contribution is 7.93. The van der Waals surface area contributed by atoms with Crippen molar-refractivity contribution >= 4 is 21.6 Å². The van der Waals surface area contributed by atoms with E-state index in [1.165, 1.54) is 12.1 Å². The Morgan fingerprint density at radius 2 is 1.48 bits per heavy atom. The molecule has 0 aliphatic carbocycles. The van der Waals surface area contributed by atoms with Crippen molar-refractivity contribution in [3.05, 3.63) is 84.4 Å². The zero-order chi connectivity index (χ0) is 22.3. The zero-order valence-corrected chi connectivity index (χ0v) is 18.3. The number of anilines is 1. The first-order chi connectivity index (χ1) is 14.9. The third kappa shape index (κ3) is 5.64. The summed E-state index contributed by atoms with van der Waals surface area (Å²) in [5.41, 5.74) is 1.25. The molecule has 162 valence electrons. The van der Waals surface area contributed by atoms with Crippen LogP contribution in [0, 0.1) is 6.92 Å². The first-order valence-corrected chi connectivity index (χ1v) is 11.3. The number of hydrogen-bond donors (Lipinski definition) is 0. The molecule has 31 heavy (non-hydrogen) atoms. The van der Waals surface area contributed by atoms with E-state index in [1.54, 1.807) is 73.8 Å². The van der Waals surface area contributed by atoms with E-state index in [0.717, 1.165) is 15.6 Å². The topological polar surface area (TPSA) is 72.9 Å². The second kappa shape index (κ2) is 10.1. The van der Waals surface area contributed by atoms with Gasteiger partial charge in [0.05, 0.1) is 24.3 Å². The van der Waals surface area contributed by atoms with E-state index in [-0.39, 0.29) is 17.9 Å². The maximum Gasteiger partial charge on any atom is 0.270 e. The van der Waals surface area contributed by atoms with Crippen molar-refractivity contribution in [1.29, 1.82) is 0 Å². The van der Waals surface area contributed by atoms with Crippen LogP contribution in [0.15, 0.2) is 83.8 Å². The van der Waals surface area contributed by atoms with Crippen LogP contribution in [0.5, 0.6) is 11.5 Å². The molecule has 0 fully saturated rings. The Hall–Kier alpha value is -3.32. The van der Waals surface area contributed by atoms with Gasteiger partial charge in [0.15, 0.2) is 0 Å². The van der Waals surface area contributed by atoms with Crippen LogP contribution in [0.4, 0.5) is 5.69 Å². The van der Waals surface area contributed by atoms with Crippen LogP contribution in [-0.4, -0.2) is 28.0 Å². The van der Waals surface area contributed by atoms with E-state index in [2.05, 4.69) is 0 Å². The summed E-state index contributed by atoms with van der Waals surface area (Å²) in [6, 6.07) is 22.0. The van der Waals surface area contributed by atoms with E-state index >= 15 is 0 Å². The van der Waals surface area contributed by atoms with Gasteiger partial charge in [-0.1, -0.05) is 35.9 Å². The molecule has 0 atom stereocenters. The second-order valence-electron chi connectivity index (χ2n) is 6.94.